The lowest BCUT2D eigenvalue weighted by atomic mass is 9.90. The number of hydrogen-bond acceptors (Lipinski definition) is 6. The van der Waals surface area contributed by atoms with Gasteiger partial charge in [-0.25, -0.2) is 8.42 Å². The fraction of sp³-hybridized carbons (Fsp3) is 0.600. The van der Waals surface area contributed by atoms with Crippen LogP contribution in [-0.2, 0) is 14.6 Å². The highest BCUT2D eigenvalue weighted by Gasteiger charge is 2.26. The van der Waals surface area contributed by atoms with E-state index < -0.39 is 14.8 Å². The van der Waals surface area contributed by atoms with E-state index in [-0.39, 0.29) is 16.6 Å². The van der Waals surface area contributed by atoms with Crippen molar-refractivity contribution in [1.29, 1.82) is 0 Å². The zero-order chi connectivity index (χ0) is 17.0. The number of anilines is 1. The number of nitro groups is 1. The topological polar surface area (TPSA) is 98.5 Å². The Morgan fingerprint density at radius 2 is 2.04 bits per heavy atom. The van der Waals surface area contributed by atoms with E-state index >= 15 is 0 Å². The van der Waals surface area contributed by atoms with E-state index in [1.54, 1.807) is 0 Å². The summed E-state index contributed by atoms with van der Waals surface area (Å²) < 4.78 is 28.5. The molecule has 128 valence electrons. The zero-order valence-corrected chi connectivity index (χ0v) is 14.1. The normalized spacial score (nSPS) is 17.7. The maximum absolute atomic E-state index is 11.6. The number of benzene rings is 1. The van der Waals surface area contributed by atoms with Gasteiger partial charge in [-0.15, -0.1) is 0 Å². The number of nitro benzene ring substituents is 1. The Morgan fingerprint density at radius 1 is 1.39 bits per heavy atom. The largest absolute Gasteiger partial charge is 0.381 e. The van der Waals surface area contributed by atoms with Gasteiger partial charge in [-0.3, -0.25) is 10.1 Å². The van der Waals surface area contributed by atoms with Gasteiger partial charge in [0.2, 0.25) is 0 Å². The second-order valence-corrected chi connectivity index (χ2v) is 7.83. The molecule has 1 aliphatic heterocycles. The summed E-state index contributed by atoms with van der Waals surface area (Å²) in [4.78, 5) is 10.7. The van der Waals surface area contributed by atoms with Crippen molar-refractivity contribution in [3.05, 3.63) is 28.3 Å². The molecule has 0 saturated carbocycles. The summed E-state index contributed by atoms with van der Waals surface area (Å²) in [5.41, 5.74) is 0.152. The summed E-state index contributed by atoms with van der Waals surface area (Å²) in [6.07, 6.45) is 3.70. The van der Waals surface area contributed by atoms with Crippen LogP contribution < -0.4 is 5.32 Å². The van der Waals surface area contributed by atoms with Crippen molar-refractivity contribution in [2.45, 2.75) is 37.1 Å². The Labute approximate surface area is 136 Å². The van der Waals surface area contributed by atoms with Crippen molar-refractivity contribution in [2.24, 2.45) is 5.92 Å². The fourth-order valence-corrected chi connectivity index (χ4v) is 3.53. The molecule has 0 aliphatic carbocycles. The number of nitrogens with one attached hydrogen (secondary N) is 1. The van der Waals surface area contributed by atoms with E-state index in [1.165, 1.54) is 12.1 Å². The highest BCUT2D eigenvalue weighted by molar-refractivity contribution is 7.90. The standard InChI is InChI=1S/C15H22N2O5S/c1-3-13(11-6-8-22-9-7-11)16-14-5-4-12(23(2,20)21)10-15(14)17(18)19/h4-5,10-11,13,16H,3,6-9H2,1-2H3/t13-/m1/s1. The van der Waals surface area contributed by atoms with Gasteiger partial charge in [-0.2, -0.15) is 0 Å². The first-order valence-electron chi connectivity index (χ1n) is 7.65. The zero-order valence-electron chi connectivity index (χ0n) is 13.3. The predicted octanol–water partition coefficient (Wildman–Crippen LogP) is 2.62. The monoisotopic (exact) mass is 342 g/mol. The first-order chi connectivity index (χ1) is 10.8. The van der Waals surface area contributed by atoms with Gasteiger partial charge in [0, 0.05) is 31.6 Å². The van der Waals surface area contributed by atoms with E-state index in [9.17, 15) is 18.5 Å². The van der Waals surface area contributed by atoms with Crippen LogP contribution in [0, 0.1) is 16.0 Å². The van der Waals surface area contributed by atoms with Crippen LogP contribution in [-0.4, -0.2) is 38.9 Å². The highest BCUT2D eigenvalue weighted by Crippen LogP contribution is 2.31. The van der Waals surface area contributed by atoms with Gasteiger partial charge >= 0.3 is 0 Å². The lowest BCUT2D eigenvalue weighted by molar-refractivity contribution is -0.384. The van der Waals surface area contributed by atoms with Crippen LogP contribution in [0.1, 0.15) is 26.2 Å². The lowest BCUT2D eigenvalue weighted by Crippen LogP contribution is -2.33. The molecular formula is C15H22N2O5S. The second kappa shape index (κ2) is 7.27. The predicted molar refractivity (Wildman–Crippen MR) is 87.5 cm³/mol. The minimum atomic E-state index is -3.48. The van der Waals surface area contributed by atoms with Crippen LogP contribution in [0.25, 0.3) is 0 Å². The summed E-state index contributed by atoms with van der Waals surface area (Å²) in [6, 6.07) is 4.10. The van der Waals surface area contributed by atoms with Crippen LogP contribution in [0.5, 0.6) is 0 Å². The Morgan fingerprint density at radius 3 is 2.57 bits per heavy atom. The molecule has 0 bridgehead atoms. The van der Waals surface area contributed by atoms with Crippen molar-refractivity contribution in [3.63, 3.8) is 0 Å². The quantitative estimate of drug-likeness (QED) is 0.630. The fourth-order valence-electron chi connectivity index (χ4n) is 2.89. The van der Waals surface area contributed by atoms with Gasteiger partial charge in [0.05, 0.1) is 9.82 Å². The summed E-state index contributed by atoms with van der Waals surface area (Å²) in [6.45, 7) is 3.44. The van der Waals surface area contributed by atoms with Gasteiger partial charge < -0.3 is 10.1 Å². The molecule has 0 aromatic heterocycles. The number of rotatable bonds is 6. The molecular weight excluding hydrogens is 320 g/mol. The maximum Gasteiger partial charge on any atom is 0.293 e. The maximum atomic E-state index is 11.6. The Bertz CT molecular complexity index is 668. The third-order valence-corrected chi connectivity index (χ3v) is 5.32. The first-order valence-corrected chi connectivity index (χ1v) is 9.55. The molecule has 1 saturated heterocycles. The third kappa shape index (κ3) is 4.42. The second-order valence-electron chi connectivity index (χ2n) is 5.82. The molecule has 0 spiro atoms. The van der Waals surface area contributed by atoms with Gasteiger partial charge in [0.1, 0.15) is 5.69 Å². The molecule has 0 radical (unpaired) electrons. The van der Waals surface area contributed by atoms with Crippen molar-refractivity contribution in [1.82, 2.24) is 0 Å². The Balaban J connectivity index is 2.28. The van der Waals surface area contributed by atoms with Crippen molar-refractivity contribution >= 4 is 21.2 Å². The van der Waals surface area contributed by atoms with Crippen LogP contribution in [0.15, 0.2) is 23.1 Å². The van der Waals surface area contributed by atoms with Gasteiger partial charge in [-0.05, 0) is 37.3 Å². The molecule has 0 amide bonds. The van der Waals surface area contributed by atoms with Crippen LogP contribution >= 0.6 is 0 Å². The number of ether oxygens (including phenoxy) is 1. The molecule has 23 heavy (non-hydrogen) atoms. The minimum absolute atomic E-state index is 0.0473. The molecule has 2 rings (SSSR count). The van der Waals surface area contributed by atoms with Crippen molar-refractivity contribution in [3.8, 4) is 0 Å². The smallest absolute Gasteiger partial charge is 0.293 e. The SMILES string of the molecule is CC[C@@H](Nc1ccc(S(C)(=O)=O)cc1[N+](=O)[O-])C1CCOCC1. The summed E-state index contributed by atoms with van der Waals surface area (Å²) >= 11 is 0. The average Bonchev–Trinajstić information content (AvgIpc) is 2.52. The van der Waals surface area contributed by atoms with E-state index in [2.05, 4.69) is 5.32 Å². The van der Waals surface area contributed by atoms with Crippen LogP contribution in [0.4, 0.5) is 11.4 Å². The molecule has 1 heterocycles. The lowest BCUT2D eigenvalue weighted by Gasteiger charge is -2.30. The number of hydrogen-bond donors (Lipinski definition) is 1. The Hall–Kier alpha value is -1.67. The third-order valence-electron chi connectivity index (χ3n) is 4.21. The molecule has 1 N–H and O–H groups in total. The van der Waals surface area contributed by atoms with Crippen LogP contribution in [0.3, 0.4) is 0 Å². The average molecular weight is 342 g/mol. The molecule has 8 heteroatoms. The molecule has 1 aromatic carbocycles. The summed E-state index contributed by atoms with van der Waals surface area (Å²) in [5, 5.41) is 14.5. The molecule has 1 fully saturated rings. The van der Waals surface area contributed by atoms with Gasteiger partial charge in [-0.1, -0.05) is 6.92 Å². The number of nitrogens with zero attached hydrogens (tertiary/aromatic N) is 1. The van der Waals surface area contributed by atoms with Crippen molar-refractivity contribution in [2.75, 3.05) is 24.8 Å². The minimum Gasteiger partial charge on any atom is -0.381 e. The van der Waals surface area contributed by atoms with Crippen molar-refractivity contribution < 1.29 is 18.1 Å². The molecule has 1 aliphatic rings. The summed E-state index contributed by atoms with van der Waals surface area (Å²) in [5.74, 6) is 0.392. The number of sulfone groups is 1. The van der Waals surface area contributed by atoms with E-state index in [0.717, 1.165) is 31.6 Å². The molecule has 0 unspecified atom stereocenters. The van der Waals surface area contributed by atoms with E-state index in [1.807, 2.05) is 6.92 Å². The molecule has 1 aromatic rings. The molecule has 1 atom stereocenters. The van der Waals surface area contributed by atoms with E-state index in [4.69, 9.17) is 4.74 Å². The Kier molecular flexibility index (Phi) is 5.59. The van der Waals surface area contributed by atoms with E-state index in [0.29, 0.717) is 24.8 Å². The van der Waals surface area contributed by atoms with Gasteiger partial charge in [0.25, 0.3) is 5.69 Å². The first kappa shape index (κ1) is 17.7. The highest BCUT2D eigenvalue weighted by atomic mass is 32.2. The van der Waals surface area contributed by atoms with Gasteiger partial charge in [0.15, 0.2) is 9.84 Å². The van der Waals surface area contributed by atoms with Crippen LogP contribution in [0.2, 0.25) is 0 Å². The molecule has 7 nitrogen and oxygen atoms in total. The summed E-state index contributed by atoms with van der Waals surface area (Å²) in [7, 11) is -3.48.